The van der Waals surface area contributed by atoms with E-state index in [9.17, 15) is 9.90 Å². The lowest BCUT2D eigenvalue weighted by atomic mass is 9.69. The van der Waals surface area contributed by atoms with E-state index >= 15 is 0 Å². The molecule has 2 rings (SSSR count). The Morgan fingerprint density at radius 2 is 2.06 bits per heavy atom. The molecule has 0 bridgehead atoms. The number of nitrogens with zero attached hydrogens (tertiary/aromatic N) is 1. The Hall–Kier alpha value is -0.570. The van der Waals surface area contributed by atoms with Crippen molar-refractivity contribution in [2.75, 3.05) is 13.1 Å². The summed E-state index contributed by atoms with van der Waals surface area (Å²) in [6, 6.07) is 0.562. The normalized spacial score (nSPS) is 38.6. The first-order valence-electron chi connectivity index (χ1n) is 7.51. The van der Waals surface area contributed by atoms with Gasteiger partial charge in [0.25, 0.3) is 0 Å². The zero-order valence-corrected chi connectivity index (χ0v) is 11.8. The van der Waals surface area contributed by atoms with Crippen LogP contribution in [0.2, 0.25) is 0 Å². The summed E-state index contributed by atoms with van der Waals surface area (Å²) < 4.78 is 0. The Balaban J connectivity index is 2.07. The molecule has 2 fully saturated rings. The van der Waals surface area contributed by atoms with Crippen LogP contribution in [0.25, 0.3) is 0 Å². The van der Waals surface area contributed by atoms with Crippen molar-refractivity contribution in [1.29, 1.82) is 0 Å². The van der Waals surface area contributed by atoms with Crippen LogP contribution in [0.5, 0.6) is 0 Å². The van der Waals surface area contributed by atoms with Gasteiger partial charge in [0.15, 0.2) is 0 Å². The number of aliphatic carboxylic acids is 1. The van der Waals surface area contributed by atoms with Gasteiger partial charge < -0.3 is 5.11 Å². The maximum Gasteiger partial charge on any atom is 0.310 e. The summed E-state index contributed by atoms with van der Waals surface area (Å²) in [6.45, 7) is 6.32. The zero-order chi connectivity index (χ0) is 13.2. The molecule has 1 heterocycles. The smallest absolute Gasteiger partial charge is 0.310 e. The summed E-state index contributed by atoms with van der Waals surface area (Å²) in [5, 5.41) is 9.70. The number of likely N-dealkylation sites (tertiary alicyclic amines) is 1. The quantitative estimate of drug-likeness (QED) is 0.840. The van der Waals surface area contributed by atoms with E-state index in [0.717, 1.165) is 32.4 Å². The standard InChI is InChI=1S/C15H27NO2/c1-12-6-5-8-15(10-12,14(17)18)11-16-9-4-3-7-13(16)2/h12-13H,3-11H2,1-2H3,(H,17,18). The van der Waals surface area contributed by atoms with Gasteiger partial charge in [0, 0.05) is 12.6 Å². The molecule has 1 N–H and O–H groups in total. The molecule has 1 saturated heterocycles. The molecule has 0 aromatic heterocycles. The number of hydrogen-bond donors (Lipinski definition) is 1. The third-order valence-corrected chi connectivity index (χ3v) is 4.99. The van der Waals surface area contributed by atoms with E-state index in [0.29, 0.717) is 12.0 Å². The Morgan fingerprint density at radius 3 is 2.67 bits per heavy atom. The fraction of sp³-hybridized carbons (Fsp3) is 0.933. The summed E-state index contributed by atoms with van der Waals surface area (Å²) >= 11 is 0. The number of piperidine rings is 1. The average Bonchev–Trinajstić information content (AvgIpc) is 2.32. The molecule has 1 aliphatic carbocycles. The fourth-order valence-electron chi connectivity index (χ4n) is 3.85. The molecule has 1 saturated carbocycles. The molecule has 0 radical (unpaired) electrons. The lowest BCUT2D eigenvalue weighted by molar-refractivity contribution is -0.154. The average molecular weight is 253 g/mol. The first-order valence-corrected chi connectivity index (χ1v) is 7.51. The molecule has 3 atom stereocenters. The second kappa shape index (κ2) is 5.60. The van der Waals surface area contributed by atoms with Crippen LogP contribution in [-0.2, 0) is 4.79 Å². The van der Waals surface area contributed by atoms with Gasteiger partial charge in [0.1, 0.15) is 0 Å². The highest BCUT2D eigenvalue weighted by molar-refractivity contribution is 5.75. The molecule has 0 aromatic carbocycles. The van der Waals surface area contributed by atoms with Gasteiger partial charge in [-0.05, 0) is 45.1 Å². The van der Waals surface area contributed by atoms with Gasteiger partial charge in [0.2, 0.25) is 0 Å². The molecule has 3 heteroatoms. The second-order valence-corrected chi connectivity index (χ2v) is 6.60. The lowest BCUT2D eigenvalue weighted by Gasteiger charge is -2.43. The maximum atomic E-state index is 11.8. The summed E-state index contributed by atoms with van der Waals surface area (Å²) in [6.07, 6.45) is 7.77. The molecule has 104 valence electrons. The molecule has 3 nitrogen and oxygen atoms in total. The fourth-order valence-corrected chi connectivity index (χ4v) is 3.85. The van der Waals surface area contributed by atoms with Crippen molar-refractivity contribution in [3.8, 4) is 0 Å². The molecule has 0 spiro atoms. The minimum Gasteiger partial charge on any atom is -0.481 e. The van der Waals surface area contributed by atoms with Crippen molar-refractivity contribution in [2.24, 2.45) is 11.3 Å². The highest BCUT2D eigenvalue weighted by Crippen LogP contribution is 2.41. The molecule has 18 heavy (non-hydrogen) atoms. The van der Waals surface area contributed by atoms with E-state index in [1.165, 1.54) is 25.7 Å². The zero-order valence-electron chi connectivity index (χ0n) is 11.8. The van der Waals surface area contributed by atoms with Crippen molar-refractivity contribution < 1.29 is 9.90 Å². The number of rotatable bonds is 3. The molecule has 3 unspecified atom stereocenters. The first kappa shape index (κ1) is 13.9. The molecule has 2 aliphatic rings. The first-order chi connectivity index (χ1) is 8.53. The predicted molar refractivity (Wildman–Crippen MR) is 72.6 cm³/mol. The van der Waals surface area contributed by atoms with E-state index in [2.05, 4.69) is 18.7 Å². The Labute approximate surface area is 111 Å². The minimum atomic E-state index is -0.563. The summed E-state index contributed by atoms with van der Waals surface area (Å²) in [5.41, 5.74) is -0.469. The largest absolute Gasteiger partial charge is 0.481 e. The molecular formula is C15H27NO2. The molecule has 0 amide bonds. The predicted octanol–water partition coefficient (Wildman–Crippen LogP) is 3.14. The van der Waals surface area contributed by atoms with Crippen molar-refractivity contribution >= 4 is 5.97 Å². The summed E-state index contributed by atoms with van der Waals surface area (Å²) in [5.74, 6) is 0.00164. The van der Waals surface area contributed by atoms with Gasteiger partial charge in [-0.2, -0.15) is 0 Å². The van der Waals surface area contributed by atoms with Crippen LogP contribution in [0.4, 0.5) is 0 Å². The van der Waals surface area contributed by atoms with Crippen LogP contribution >= 0.6 is 0 Å². The Kier molecular flexibility index (Phi) is 4.31. The summed E-state index contributed by atoms with van der Waals surface area (Å²) in [4.78, 5) is 14.2. The Morgan fingerprint density at radius 1 is 1.28 bits per heavy atom. The van der Waals surface area contributed by atoms with Gasteiger partial charge in [-0.3, -0.25) is 9.69 Å². The third-order valence-electron chi connectivity index (χ3n) is 4.99. The van der Waals surface area contributed by atoms with E-state index in [1.807, 2.05) is 0 Å². The van der Waals surface area contributed by atoms with E-state index in [4.69, 9.17) is 0 Å². The topological polar surface area (TPSA) is 40.5 Å². The number of carboxylic acids is 1. The van der Waals surface area contributed by atoms with Crippen LogP contribution in [0.1, 0.15) is 58.8 Å². The third kappa shape index (κ3) is 2.87. The molecular weight excluding hydrogens is 226 g/mol. The molecule has 1 aliphatic heterocycles. The minimum absolute atomic E-state index is 0.469. The van der Waals surface area contributed by atoms with Crippen LogP contribution in [-0.4, -0.2) is 35.1 Å². The van der Waals surface area contributed by atoms with Crippen LogP contribution < -0.4 is 0 Å². The van der Waals surface area contributed by atoms with Gasteiger partial charge in [-0.25, -0.2) is 0 Å². The van der Waals surface area contributed by atoms with Gasteiger partial charge in [-0.15, -0.1) is 0 Å². The SMILES string of the molecule is CC1CCCC(CN2CCCCC2C)(C(=O)O)C1. The van der Waals surface area contributed by atoms with Crippen molar-refractivity contribution in [1.82, 2.24) is 4.90 Å². The van der Waals surface area contributed by atoms with Crippen molar-refractivity contribution in [3.63, 3.8) is 0 Å². The van der Waals surface area contributed by atoms with Crippen LogP contribution in [0.3, 0.4) is 0 Å². The van der Waals surface area contributed by atoms with Crippen LogP contribution in [0.15, 0.2) is 0 Å². The lowest BCUT2D eigenvalue weighted by Crippen LogP contribution is -2.49. The Bertz CT molecular complexity index is 305. The van der Waals surface area contributed by atoms with E-state index in [-0.39, 0.29) is 0 Å². The number of hydrogen-bond acceptors (Lipinski definition) is 2. The van der Waals surface area contributed by atoms with Crippen LogP contribution in [0, 0.1) is 11.3 Å². The van der Waals surface area contributed by atoms with Crippen molar-refractivity contribution in [3.05, 3.63) is 0 Å². The van der Waals surface area contributed by atoms with Gasteiger partial charge in [-0.1, -0.05) is 26.2 Å². The molecule has 0 aromatic rings. The van der Waals surface area contributed by atoms with E-state index < -0.39 is 11.4 Å². The monoisotopic (exact) mass is 253 g/mol. The second-order valence-electron chi connectivity index (χ2n) is 6.60. The van der Waals surface area contributed by atoms with E-state index in [1.54, 1.807) is 0 Å². The van der Waals surface area contributed by atoms with Gasteiger partial charge >= 0.3 is 5.97 Å². The maximum absolute atomic E-state index is 11.8. The highest BCUT2D eigenvalue weighted by Gasteiger charge is 2.43. The highest BCUT2D eigenvalue weighted by atomic mass is 16.4. The number of carbonyl (C=O) groups is 1. The number of carboxylic acid groups (broad SMARTS) is 1. The van der Waals surface area contributed by atoms with Gasteiger partial charge in [0.05, 0.1) is 5.41 Å². The summed E-state index contributed by atoms with van der Waals surface area (Å²) in [7, 11) is 0. The van der Waals surface area contributed by atoms with Crippen molar-refractivity contribution in [2.45, 2.75) is 64.8 Å².